The van der Waals surface area contributed by atoms with Crippen molar-refractivity contribution in [2.45, 2.75) is 13.0 Å². The standard InChI is InChI=1S/C15H14FN3O/c1-9-4-11(8-18-7-9)15(19-17)14-6-10-5-12(16)2-3-13(10)20-14/h2-8,15,19H,17H2,1H3. The summed E-state index contributed by atoms with van der Waals surface area (Å²) in [6.45, 7) is 1.96. The summed E-state index contributed by atoms with van der Waals surface area (Å²) in [6, 6.07) is 7.85. The van der Waals surface area contributed by atoms with Gasteiger partial charge < -0.3 is 4.42 Å². The van der Waals surface area contributed by atoms with E-state index >= 15 is 0 Å². The summed E-state index contributed by atoms with van der Waals surface area (Å²) in [7, 11) is 0. The Labute approximate surface area is 115 Å². The molecule has 3 aromatic rings. The predicted octanol–water partition coefficient (Wildman–Crippen LogP) is 2.83. The summed E-state index contributed by atoms with van der Waals surface area (Å²) in [5, 5.41) is 0.709. The zero-order valence-electron chi connectivity index (χ0n) is 10.9. The Balaban J connectivity index is 2.07. The molecule has 0 saturated carbocycles. The van der Waals surface area contributed by atoms with Crippen molar-refractivity contribution in [3.63, 3.8) is 0 Å². The van der Waals surface area contributed by atoms with E-state index in [2.05, 4.69) is 10.4 Å². The Hall–Kier alpha value is -2.24. The van der Waals surface area contributed by atoms with Gasteiger partial charge in [-0.3, -0.25) is 10.8 Å². The molecule has 0 aliphatic heterocycles. The number of pyridine rings is 1. The smallest absolute Gasteiger partial charge is 0.134 e. The van der Waals surface area contributed by atoms with Crippen LogP contribution in [0.2, 0.25) is 0 Å². The number of hydrogen-bond acceptors (Lipinski definition) is 4. The van der Waals surface area contributed by atoms with E-state index < -0.39 is 0 Å². The van der Waals surface area contributed by atoms with E-state index in [0.29, 0.717) is 16.7 Å². The summed E-state index contributed by atoms with van der Waals surface area (Å²) >= 11 is 0. The molecule has 4 nitrogen and oxygen atoms in total. The minimum Gasteiger partial charge on any atom is -0.459 e. The molecule has 0 spiro atoms. The Kier molecular flexibility index (Phi) is 3.22. The first kappa shape index (κ1) is 12.8. The van der Waals surface area contributed by atoms with Crippen molar-refractivity contribution in [2.75, 3.05) is 0 Å². The maximum Gasteiger partial charge on any atom is 0.134 e. The van der Waals surface area contributed by atoms with Crippen LogP contribution >= 0.6 is 0 Å². The van der Waals surface area contributed by atoms with Crippen LogP contribution in [0, 0.1) is 12.7 Å². The van der Waals surface area contributed by atoms with Gasteiger partial charge in [-0.25, -0.2) is 9.82 Å². The minimum absolute atomic E-state index is 0.292. The molecular formula is C15H14FN3O. The molecule has 5 heteroatoms. The van der Waals surface area contributed by atoms with Crippen molar-refractivity contribution in [3.05, 3.63) is 65.4 Å². The minimum atomic E-state index is -0.321. The molecule has 1 aromatic carbocycles. The van der Waals surface area contributed by atoms with Gasteiger partial charge in [0, 0.05) is 17.8 Å². The molecule has 0 fully saturated rings. The highest BCUT2D eigenvalue weighted by Gasteiger charge is 2.18. The molecule has 1 unspecified atom stereocenters. The second-order valence-electron chi connectivity index (χ2n) is 4.73. The van der Waals surface area contributed by atoms with Crippen LogP contribution in [-0.2, 0) is 0 Å². The van der Waals surface area contributed by atoms with E-state index in [9.17, 15) is 4.39 Å². The first-order chi connectivity index (χ1) is 9.67. The fourth-order valence-corrected chi connectivity index (χ4v) is 2.26. The number of hydrazine groups is 1. The molecule has 2 aromatic heterocycles. The van der Waals surface area contributed by atoms with Gasteiger partial charge in [0.1, 0.15) is 23.2 Å². The number of fused-ring (bicyclic) bond motifs is 1. The Morgan fingerprint density at radius 3 is 2.85 bits per heavy atom. The lowest BCUT2D eigenvalue weighted by molar-refractivity contribution is 0.476. The van der Waals surface area contributed by atoms with Gasteiger partial charge in [0.05, 0.1) is 0 Å². The highest BCUT2D eigenvalue weighted by molar-refractivity contribution is 5.78. The van der Waals surface area contributed by atoms with Gasteiger partial charge in [-0.2, -0.15) is 0 Å². The van der Waals surface area contributed by atoms with Crippen molar-refractivity contribution in [3.8, 4) is 0 Å². The van der Waals surface area contributed by atoms with Crippen LogP contribution in [0.4, 0.5) is 4.39 Å². The van der Waals surface area contributed by atoms with Crippen LogP contribution in [0.3, 0.4) is 0 Å². The number of hydrogen-bond donors (Lipinski definition) is 2. The highest BCUT2D eigenvalue weighted by atomic mass is 19.1. The van der Waals surface area contributed by atoms with Crippen molar-refractivity contribution in [2.24, 2.45) is 5.84 Å². The second-order valence-corrected chi connectivity index (χ2v) is 4.73. The van der Waals surface area contributed by atoms with Gasteiger partial charge in [0.2, 0.25) is 0 Å². The van der Waals surface area contributed by atoms with E-state index in [4.69, 9.17) is 10.3 Å². The van der Waals surface area contributed by atoms with Gasteiger partial charge in [0.15, 0.2) is 0 Å². The zero-order valence-corrected chi connectivity index (χ0v) is 10.9. The molecule has 102 valence electrons. The summed E-state index contributed by atoms with van der Waals surface area (Å²) in [5.74, 6) is 5.96. The van der Waals surface area contributed by atoms with E-state index in [0.717, 1.165) is 11.1 Å². The zero-order chi connectivity index (χ0) is 14.1. The summed E-state index contributed by atoms with van der Waals surface area (Å²) in [4.78, 5) is 4.15. The molecule has 0 aliphatic rings. The lowest BCUT2D eigenvalue weighted by Gasteiger charge is -2.13. The Morgan fingerprint density at radius 2 is 2.10 bits per heavy atom. The third kappa shape index (κ3) is 2.29. The molecule has 2 heterocycles. The van der Waals surface area contributed by atoms with E-state index in [-0.39, 0.29) is 11.9 Å². The largest absolute Gasteiger partial charge is 0.459 e. The molecule has 0 bridgehead atoms. The predicted molar refractivity (Wildman–Crippen MR) is 74.3 cm³/mol. The number of furan rings is 1. The van der Waals surface area contributed by atoms with Gasteiger partial charge >= 0.3 is 0 Å². The van der Waals surface area contributed by atoms with E-state index in [1.807, 2.05) is 13.0 Å². The SMILES string of the molecule is Cc1cncc(C(NN)c2cc3cc(F)ccc3o2)c1. The fourth-order valence-electron chi connectivity index (χ4n) is 2.26. The lowest BCUT2D eigenvalue weighted by Crippen LogP contribution is -2.28. The van der Waals surface area contributed by atoms with Crippen LogP contribution in [0.1, 0.15) is 22.9 Å². The maximum atomic E-state index is 13.2. The quantitative estimate of drug-likeness (QED) is 0.568. The number of nitrogens with one attached hydrogen (secondary N) is 1. The molecule has 20 heavy (non-hydrogen) atoms. The number of nitrogens with zero attached hydrogens (tertiary/aromatic N) is 1. The lowest BCUT2D eigenvalue weighted by atomic mass is 10.1. The number of nitrogens with two attached hydrogens (primary N) is 1. The molecule has 0 amide bonds. The molecule has 0 radical (unpaired) electrons. The van der Waals surface area contributed by atoms with Crippen LogP contribution in [0.15, 0.2) is 47.1 Å². The van der Waals surface area contributed by atoms with E-state index in [1.54, 1.807) is 24.5 Å². The molecule has 1 atom stereocenters. The van der Waals surface area contributed by atoms with E-state index in [1.165, 1.54) is 12.1 Å². The monoisotopic (exact) mass is 271 g/mol. The molecular weight excluding hydrogens is 257 g/mol. The molecule has 0 aliphatic carbocycles. The van der Waals surface area contributed by atoms with Crippen molar-refractivity contribution >= 4 is 11.0 Å². The van der Waals surface area contributed by atoms with Gasteiger partial charge in [-0.1, -0.05) is 6.07 Å². The number of aromatic nitrogens is 1. The summed E-state index contributed by atoms with van der Waals surface area (Å²) in [6.07, 6.45) is 3.50. The molecule has 0 saturated heterocycles. The average Bonchev–Trinajstić information content (AvgIpc) is 2.82. The third-order valence-corrected chi connectivity index (χ3v) is 3.18. The normalized spacial score (nSPS) is 12.8. The van der Waals surface area contributed by atoms with Crippen LogP contribution < -0.4 is 11.3 Å². The number of halogens is 1. The topological polar surface area (TPSA) is 64.1 Å². The van der Waals surface area contributed by atoms with Crippen LogP contribution in [0.5, 0.6) is 0 Å². The Morgan fingerprint density at radius 1 is 1.25 bits per heavy atom. The molecule has 3 N–H and O–H groups in total. The second kappa shape index (κ2) is 5.03. The number of aryl methyl sites for hydroxylation is 1. The molecule has 3 rings (SSSR count). The average molecular weight is 271 g/mol. The first-order valence-corrected chi connectivity index (χ1v) is 6.24. The number of rotatable bonds is 3. The number of benzene rings is 1. The first-order valence-electron chi connectivity index (χ1n) is 6.24. The Bertz CT molecular complexity index is 754. The third-order valence-electron chi connectivity index (χ3n) is 3.18. The summed E-state index contributed by atoms with van der Waals surface area (Å²) in [5.41, 5.74) is 5.26. The van der Waals surface area contributed by atoms with Crippen LogP contribution in [-0.4, -0.2) is 4.98 Å². The van der Waals surface area contributed by atoms with Crippen LogP contribution in [0.25, 0.3) is 11.0 Å². The van der Waals surface area contributed by atoms with Crippen molar-refractivity contribution in [1.82, 2.24) is 10.4 Å². The fraction of sp³-hybridized carbons (Fsp3) is 0.133. The van der Waals surface area contributed by atoms with Crippen molar-refractivity contribution in [1.29, 1.82) is 0 Å². The van der Waals surface area contributed by atoms with Crippen molar-refractivity contribution < 1.29 is 8.81 Å². The maximum absolute atomic E-state index is 13.2. The van der Waals surface area contributed by atoms with Gasteiger partial charge in [-0.15, -0.1) is 0 Å². The highest BCUT2D eigenvalue weighted by Crippen LogP contribution is 2.28. The summed E-state index contributed by atoms with van der Waals surface area (Å²) < 4.78 is 18.9. The van der Waals surface area contributed by atoms with Gasteiger partial charge in [-0.05, 0) is 42.3 Å². The van der Waals surface area contributed by atoms with Gasteiger partial charge in [0.25, 0.3) is 0 Å².